The maximum atomic E-state index is 5.56. The molecule has 1 atom stereocenters. The van der Waals surface area contributed by atoms with Crippen LogP contribution in [0.3, 0.4) is 0 Å². The van der Waals surface area contributed by atoms with Gasteiger partial charge in [-0.2, -0.15) is 0 Å². The molecule has 0 saturated heterocycles. The molecule has 0 aromatic rings. The van der Waals surface area contributed by atoms with Gasteiger partial charge in [0, 0.05) is 12.5 Å². The van der Waals surface area contributed by atoms with Gasteiger partial charge in [0.15, 0.2) is 0 Å². The highest BCUT2D eigenvalue weighted by Gasteiger charge is 1.98. The van der Waals surface area contributed by atoms with Crippen LogP contribution in [0.1, 0.15) is 6.92 Å². The molecule has 0 aromatic heterocycles. The molecule has 0 aliphatic rings. The molecule has 0 aliphatic carbocycles. The summed E-state index contributed by atoms with van der Waals surface area (Å²) in [6.07, 6.45) is 3.73. The fraction of sp³-hybridized carbons (Fsp3) is 0.714. The van der Waals surface area contributed by atoms with Crippen LogP contribution in [-0.2, 0) is 4.74 Å². The summed E-state index contributed by atoms with van der Waals surface area (Å²) in [5, 5.41) is 0. The van der Waals surface area contributed by atoms with Crippen molar-refractivity contribution in [2.75, 3.05) is 18.4 Å². The van der Waals surface area contributed by atoms with Crippen LogP contribution >= 0.6 is 23.2 Å². The normalized spacial score (nSPS) is 14.3. The first-order chi connectivity index (χ1) is 4.85. The van der Waals surface area contributed by atoms with Gasteiger partial charge >= 0.3 is 0 Å². The van der Waals surface area contributed by atoms with Crippen LogP contribution in [0.5, 0.6) is 0 Å². The Balaban J connectivity index is 3.48. The van der Waals surface area contributed by atoms with Crippen LogP contribution in [0.2, 0.25) is 0 Å². The molecule has 1 unspecified atom stereocenters. The first-order valence-corrected chi connectivity index (χ1v) is 4.32. The highest BCUT2D eigenvalue weighted by Crippen LogP contribution is 1.97. The van der Waals surface area contributed by atoms with Crippen LogP contribution < -0.4 is 0 Å². The summed E-state index contributed by atoms with van der Waals surface area (Å²) in [5.74, 6) is 1.00. The molecule has 0 N–H and O–H groups in total. The first kappa shape index (κ1) is 10.3. The Morgan fingerprint density at radius 3 is 2.60 bits per heavy atom. The summed E-state index contributed by atoms with van der Waals surface area (Å²) >= 11 is 11.0. The third-order valence-corrected chi connectivity index (χ3v) is 1.45. The van der Waals surface area contributed by atoms with E-state index >= 15 is 0 Å². The van der Waals surface area contributed by atoms with E-state index in [-0.39, 0.29) is 6.10 Å². The first-order valence-electron chi connectivity index (χ1n) is 3.25. The number of hydrogen-bond acceptors (Lipinski definition) is 1. The van der Waals surface area contributed by atoms with E-state index < -0.39 is 0 Å². The van der Waals surface area contributed by atoms with Crippen molar-refractivity contribution in [2.24, 2.45) is 0 Å². The quantitative estimate of drug-likeness (QED) is 0.469. The molecule has 0 fully saturated rings. The van der Waals surface area contributed by atoms with E-state index in [4.69, 9.17) is 27.9 Å². The fourth-order valence-corrected chi connectivity index (χ4v) is 0.864. The van der Waals surface area contributed by atoms with Crippen molar-refractivity contribution in [1.29, 1.82) is 0 Å². The van der Waals surface area contributed by atoms with E-state index in [0.717, 1.165) is 0 Å². The Hall–Kier alpha value is 0.280. The van der Waals surface area contributed by atoms with E-state index in [0.29, 0.717) is 18.4 Å². The summed E-state index contributed by atoms with van der Waals surface area (Å²) in [6, 6.07) is 0. The van der Waals surface area contributed by atoms with E-state index in [2.05, 4.69) is 0 Å². The standard InChI is InChI=1S/C7H12Cl2O/c1-2-10-7(6-9)4-3-5-8/h3-4,7H,2,5-6H2,1H3. The van der Waals surface area contributed by atoms with Crippen molar-refractivity contribution in [3.8, 4) is 0 Å². The van der Waals surface area contributed by atoms with Crippen molar-refractivity contribution < 1.29 is 4.74 Å². The zero-order valence-corrected chi connectivity index (χ0v) is 7.53. The summed E-state index contributed by atoms with van der Waals surface area (Å²) < 4.78 is 5.22. The zero-order valence-electron chi connectivity index (χ0n) is 6.02. The van der Waals surface area contributed by atoms with Crippen molar-refractivity contribution in [3.05, 3.63) is 12.2 Å². The lowest BCUT2D eigenvalue weighted by Gasteiger charge is -2.07. The van der Waals surface area contributed by atoms with Gasteiger partial charge in [-0.15, -0.1) is 23.2 Å². The molecule has 0 aromatic carbocycles. The lowest BCUT2D eigenvalue weighted by atomic mass is 10.3. The third-order valence-electron chi connectivity index (χ3n) is 0.973. The van der Waals surface area contributed by atoms with E-state index in [1.807, 2.05) is 19.1 Å². The molecule has 60 valence electrons. The second-order valence-electron chi connectivity index (χ2n) is 1.73. The number of ether oxygens (including phenoxy) is 1. The average Bonchev–Trinajstić information content (AvgIpc) is 1.98. The molecule has 0 spiro atoms. The number of halogens is 2. The SMILES string of the molecule is CCOC(C=CCCl)CCl. The number of allylic oxidation sites excluding steroid dienone is 1. The van der Waals surface area contributed by atoms with E-state index in [9.17, 15) is 0 Å². The van der Waals surface area contributed by atoms with Gasteiger partial charge in [0.05, 0.1) is 12.0 Å². The van der Waals surface area contributed by atoms with Gasteiger partial charge in [-0.05, 0) is 6.92 Å². The number of rotatable bonds is 5. The Morgan fingerprint density at radius 1 is 1.50 bits per heavy atom. The Labute approximate surface area is 72.0 Å². The van der Waals surface area contributed by atoms with Gasteiger partial charge in [0.2, 0.25) is 0 Å². The Morgan fingerprint density at radius 2 is 2.20 bits per heavy atom. The molecule has 0 rings (SSSR count). The second kappa shape index (κ2) is 7.39. The van der Waals surface area contributed by atoms with Crippen molar-refractivity contribution >= 4 is 23.2 Å². The minimum Gasteiger partial charge on any atom is -0.373 e. The van der Waals surface area contributed by atoms with Crippen LogP contribution in [0.25, 0.3) is 0 Å². The highest BCUT2D eigenvalue weighted by molar-refractivity contribution is 6.19. The molecule has 0 amide bonds. The number of hydrogen-bond donors (Lipinski definition) is 0. The predicted molar refractivity (Wildman–Crippen MR) is 46.0 cm³/mol. The van der Waals surface area contributed by atoms with Crippen molar-refractivity contribution in [3.63, 3.8) is 0 Å². The highest BCUT2D eigenvalue weighted by atomic mass is 35.5. The molecular weight excluding hydrogens is 171 g/mol. The maximum absolute atomic E-state index is 5.56. The minimum atomic E-state index is 0.0189. The van der Waals surface area contributed by atoms with Gasteiger partial charge in [-0.1, -0.05) is 12.2 Å². The van der Waals surface area contributed by atoms with Crippen molar-refractivity contribution in [2.45, 2.75) is 13.0 Å². The predicted octanol–water partition coefficient (Wildman–Crippen LogP) is 2.43. The van der Waals surface area contributed by atoms with Gasteiger partial charge in [0.1, 0.15) is 0 Å². The lowest BCUT2D eigenvalue weighted by molar-refractivity contribution is 0.112. The van der Waals surface area contributed by atoms with E-state index in [1.165, 1.54) is 0 Å². The monoisotopic (exact) mass is 182 g/mol. The summed E-state index contributed by atoms with van der Waals surface area (Å²) in [5.41, 5.74) is 0. The van der Waals surface area contributed by atoms with Gasteiger partial charge < -0.3 is 4.74 Å². The van der Waals surface area contributed by atoms with Crippen molar-refractivity contribution in [1.82, 2.24) is 0 Å². The van der Waals surface area contributed by atoms with E-state index in [1.54, 1.807) is 0 Å². The average molecular weight is 183 g/mol. The molecule has 3 heteroatoms. The zero-order chi connectivity index (χ0) is 7.82. The molecule has 0 heterocycles. The fourth-order valence-electron chi connectivity index (χ4n) is 0.569. The molecule has 10 heavy (non-hydrogen) atoms. The summed E-state index contributed by atoms with van der Waals surface area (Å²) in [4.78, 5) is 0. The summed E-state index contributed by atoms with van der Waals surface area (Å²) in [7, 11) is 0. The van der Waals surface area contributed by atoms with Gasteiger partial charge in [0.25, 0.3) is 0 Å². The van der Waals surface area contributed by atoms with Crippen LogP contribution in [-0.4, -0.2) is 24.5 Å². The molecule has 0 bridgehead atoms. The topological polar surface area (TPSA) is 9.23 Å². The largest absolute Gasteiger partial charge is 0.373 e. The third kappa shape index (κ3) is 5.10. The molecular formula is C7H12Cl2O. The number of alkyl halides is 2. The second-order valence-corrected chi connectivity index (χ2v) is 2.35. The molecule has 1 nitrogen and oxygen atoms in total. The van der Waals surface area contributed by atoms with Crippen LogP contribution in [0.4, 0.5) is 0 Å². The summed E-state index contributed by atoms with van der Waals surface area (Å²) in [6.45, 7) is 2.62. The van der Waals surface area contributed by atoms with Gasteiger partial charge in [-0.25, -0.2) is 0 Å². The molecule has 0 saturated carbocycles. The van der Waals surface area contributed by atoms with Gasteiger partial charge in [-0.3, -0.25) is 0 Å². The Bertz CT molecular complexity index is 93.6. The van der Waals surface area contributed by atoms with Crippen LogP contribution in [0.15, 0.2) is 12.2 Å². The van der Waals surface area contributed by atoms with Crippen LogP contribution in [0, 0.1) is 0 Å². The molecule has 0 radical (unpaired) electrons. The molecule has 0 aliphatic heterocycles. The minimum absolute atomic E-state index is 0.0189. The maximum Gasteiger partial charge on any atom is 0.0891 e. The smallest absolute Gasteiger partial charge is 0.0891 e. The lowest BCUT2D eigenvalue weighted by Crippen LogP contribution is -2.10. The Kier molecular flexibility index (Phi) is 7.59.